The lowest BCUT2D eigenvalue weighted by molar-refractivity contribution is 0.0696. The molecule has 0 spiro atoms. The molecule has 0 unspecified atom stereocenters. The Balaban J connectivity index is 1.78. The van der Waals surface area contributed by atoms with E-state index in [2.05, 4.69) is 10.2 Å². The van der Waals surface area contributed by atoms with Crippen molar-refractivity contribution in [2.24, 2.45) is 0 Å². The van der Waals surface area contributed by atoms with Crippen LogP contribution in [0.5, 0.6) is 0 Å². The first-order valence-corrected chi connectivity index (χ1v) is 7.85. The fourth-order valence-electron chi connectivity index (χ4n) is 2.13. The molecule has 2 N–H and O–H groups in total. The zero-order valence-electron chi connectivity index (χ0n) is 11.3. The molecule has 1 aromatic carbocycles. The highest BCUT2D eigenvalue weighted by molar-refractivity contribution is 7.99. The summed E-state index contributed by atoms with van der Waals surface area (Å²) in [6.07, 6.45) is 0. The van der Waals surface area contributed by atoms with Crippen LogP contribution in [0, 0.1) is 5.82 Å². The second kappa shape index (κ2) is 7.61. The summed E-state index contributed by atoms with van der Waals surface area (Å²) in [6, 6.07) is 3.89. The topological polar surface area (TPSA) is 52.6 Å². The van der Waals surface area contributed by atoms with Crippen molar-refractivity contribution in [1.82, 2.24) is 10.2 Å². The number of carbonyl (C=O) groups is 1. The Morgan fingerprint density at radius 1 is 1.40 bits per heavy atom. The standard InChI is InChI=1S/C14H19FN2O2S/c15-13-2-1-11(14(18)19)9-12(13)10-16-3-4-17-5-7-20-8-6-17/h1-2,9,16H,3-8,10H2,(H,18,19). The normalized spacial score (nSPS) is 16.2. The molecule has 20 heavy (non-hydrogen) atoms. The van der Waals surface area contributed by atoms with Gasteiger partial charge >= 0.3 is 5.97 Å². The van der Waals surface area contributed by atoms with Gasteiger partial charge in [-0.2, -0.15) is 11.8 Å². The minimum atomic E-state index is -1.03. The van der Waals surface area contributed by atoms with Gasteiger partial charge in [0.1, 0.15) is 5.82 Å². The lowest BCUT2D eigenvalue weighted by Gasteiger charge is -2.26. The van der Waals surface area contributed by atoms with E-state index in [1.807, 2.05) is 11.8 Å². The maximum Gasteiger partial charge on any atom is 0.335 e. The average molecular weight is 298 g/mol. The summed E-state index contributed by atoms with van der Waals surface area (Å²) < 4.78 is 13.6. The molecule has 4 nitrogen and oxygen atoms in total. The molecule has 6 heteroatoms. The Hall–Kier alpha value is -1.11. The quantitative estimate of drug-likeness (QED) is 0.782. The maximum atomic E-state index is 13.6. The number of aromatic carboxylic acids is 1. The molecule has 0 bridgehead atoms. The fourth-order valence-corrected chi connectivity index (χ4v) is 3.11. The highest BCUT2D eigenvalue weighted by Gasteiger charge is 2.10. The number of nitrogens with one attached hydrogen (secondary N) is 1. The van der Waals surface area contributed by atoms with Crippen LogP contribution in [-0.4, -0.2) is 53.7 Å². The molecule has 0 aliphatic carbocycles. The van der Waals surface area contributed by atoms with E-state index in [0.717, 1.165) is 26.2 Å². The molecular weight excluding hydrogens is 279 g/mol. The monoisotopic (exact) mass is 298 g/mol. The summed E-state index contributed by atoms with van der Waals surface area (Å²) in [7, 11) is 0. The predicted molar refractivity (Wildman–Crippen MR) is 78.8 cm³/mol. The average Bonchev–Trinajstić information content (AvgIpc) is 2.46. The van der Waals surface area contributed by atoms with Gasteiger partial charge in [-0.1, -0.05) is 0 Å². The molecule has 110 valence electrons. The van der Waals surface area contributed by atoms with Gasteiger partial charge in [0.05, 0.1) is 5.56 Å². The smallest absolute Gasteiger partial charge is 0.335 e. The van der Waals surface area contributed by atoms with Crippen molar-refractivity contribution < 1.29 is 14.3 Å². The van der Waals surface area contributed by atoms with Gasteiger partial charge in [-0.25, -0.2) is 9.18 Å². The number of carboxylic acids is 1. The molecule has 2 rings (SSSR count). The summed E-state index contributed by atoms with van der Waals surface area (Å²) in [4.78, 5) is 13.2. The number of thioether (sulfide) groups is 1. The van der Waals surface area contributed by atoms with Crippen molar-refractivity contribution in [3.63, 3.8) is 0 Å². The Morgan fingerprint density at radius 2 is 2.15 bits per heavy atom. The van der Waals surface area contributed by atoms with E-state index in [1.54, 1.807) is 0 Å². The van der Waals surface area contributed by atoms with E-state index in [1.165, 1.54) is 29.7 Å². The first kappa shape index (κ1) is 15.3. The summed E-state index contributed by atoms with van der Waals surface area (Å²) in [5, 5.41) is 12.1. The van der Waals surface area contributed by atoms with Crippen molar-refractivity contribution in [3.8, 4) is 0 Å². The number of benzene rings is 1. The maximum absolute atomic E-state index is 13.6. The zero-order valence-corrected chi connectivity index (χ0v) is 12.1. The molecule has 1 saturated heterocycles. The molecule has 0 radical (unpaired) electrons. The van der Waals surface area contributed by atoms with Crippen LogP contribution < -0.4 is 5.32 Å². The van der Waals surface area contributed by atoms with E-state index in [9.17, 15) is 9.18 Å². The van der Waals surface area contributed by atoms with Gasteiger partial charge in [0.25, 0.3) is 0 Å². The molecule has 1 aliphatic heterocycles. The van der Waals surface area contributed by atoms with Crippen LogP contribution in [0.3, 0.4) is 0 Å². The first-order valence-electron chi connectivity index (χ1n) is 6.69. The Labute approximate surface area is 122 Å². The number of hydrogen-bond donors (Lipinski definition) is 2. The molecule has 0 saturated carbocycles. The zero-order chi connectivity index (χ0) is 14.4. The van der Waals surface area contributed by atoms with Crippen LogP contribution in [-0.2, 0) is 6.54 Å². The lowest BCUT2D eigenvalue weighted by Crippen LogP contribution is -2.37. The highest BCUT2D eigenvalue weighted by atomic mass is 32.2. The fraction of sp³-hybridized carbons (Fsp3) is 0.500. The van der Waals surface area contributed by atoms with Gasteiger partial charge in [-0.15, -0.1) is 0 Å². The molecule has 1 aliphatic rings. The number of rotatable bonds is 6. The first-order chi connectivity index (χ1) is 9.66. The third kappa shape index (κ3) is 4.47. The second-order valence-corrected chi connectivity index (χ2v) is 5.97. The SMILES string of the molecule is O=C(O)c1ccc(F)c(CNCCN2CCSCC2)c1. The van der Waals surface area contributed by atoms with E-state index in [0.29, 0.717) is 12.1 Å². The summed E-state index contributed by atoms with van der Waals surface area (Å²) in [6.45, 7) is 4.29. The molecule has 1 aromatic rings. The van der Waals surface area contributed by atoms with Gasteiger partial charge < -0.3 is 15.3 Å². The minimum absolute atomic E-state index is 0.122. The molecular formula is C14H19FN2O2S. The molecule has 0 atom stereocenters. The minimum Gasteiger partial charge on any atom is -0.478 e. The molecule has 0 aromatic heterocycles. The van der Waals surface area contributed by atoms with Crippen LogP contribution in [0.25, 0.3) is 0 Å². The summed E-state index contributed by atoms with van der Waals surface area (Å²) in [5.74, 6) is 0.957. The lowest BCUT2D eigenvalue weighted by atomic mass is 10.1. The number of carboxylic acid groups (broad SMARTS) is 1. The third-order valence-corrected chi connectivity index (χ3v) is 4.26. The molecule has 1 fully saturated rings. The van der Waals surface area contributed by atoms with Gasteiger partial charge in [0.2, 0.25) is 0 Å². The van der Waals surface area contributed by atoms with Gasteiger partial charge in [-0.05, 0) is 18.2 Å². The Morgan fingerprint density at radius 3 is 2.85 bits per heavy atom. The molecule has 0 amide bonds. The van der Waals surface area contributed by atoms with Crippen molar-refractivity contribution in [2.45, 2.75) is 6.54 Å². The van der Waals surface area contributed by atoms with Crippen LogP contribution in [0.1, 0.15) is 15.9 Å². The number of hydrogen-bond acceptors (Lipinski definition) is 4. The summed E-state index contributed by atoms with van der Waals surface area (Å²) in [5.41, 5.74) is 0.523. The van der Waals surface area contributed by atoms with Crippen molar-refractivity contribution >= 4 is 17.7 Å². The van der Waals surface area contributed by atoms with Crippen molar-refractivity contribution in [1.29, 1.82) is 0 Å². The van der Waals surface area contributed by atoms with E-state index in [-0.39, 0.29) is 11.4 Å². The third-order valence-electron chi connectivity index (χ3n) is 3.32. The van der Waals surface area contributed by atoms with Crippen molar-refractivity contribution in [2.75, 3.05) is 37.7 Å². The number of halogens is 1. The van der Waals surface area contributed by atoms with E-state index in [4.69, 9.17) is 5.11 Å². The summed E-state index contributed by atoms with van der Waals surface area (Å²) >= 11 is 1.97. The Kier molecular flexibility index (Phi) is 5.82. The van der Waals surface area contributed by atoms with Crippen molar-refractivity contribution in [3.05, 3.63) is 35.1 Å². The molecule has 1 heterocycles. The van der Waals surface area contributed by atoms with Gasteiger partial charge in [0, 0.05) is 49.8 Å². The van der Waals surface area contributed by atoms with Crippen LogP contribution in [0.4, 0.5) is 4.39 Å². The van der Waals surface area contributed by atoms with Crippen LogP contribution in [0.2, 0.25) is 0 Å². The predicted octanol–water partition coefficient (Wildman–Crippen LogP) is 1.66. The van der Waals surface area contributed by atoms with E-state index < -0.39 is 5.97 Å². The van der Waals surface area contributed by atoms with Gasteiger partial charge in [-0.3, -0.25) is 0 Å². The second-order valence-electron chi connectivity index (χ2n) is 4.74. The van der Waals surface area contributed by atoms with Crippen LogP contribution >= 0.6 is 11.8 Å². The van der Waals surface area contributed by atoms with E-state index >= 15 is 0 Å². The highest BCUT2D eigenvalue weighted by Crippen LogP contribution is 2.11. The Bertz CT molecular complexity index is 464. The van der Waals surface area contributed by atoms with Gasteiger partial charge in [0.15, 0.2) is 0 Å². The number of nitrogens with zero attached hydrogens (tertiary/aromatic N) is 1. The largest absolute Gasteiger partial charge is 0.478 e. The van der Waals surface area contributed by atoms with Crippen LogP contribution in [0.15, 0.2) is 18.2 Å².